The first-order chi connectivity index (χ1) is 8.97. The number of imide groups is 1. The highest BCUT2D eigenvalue weighted by molar-refractivity contribution is 6.06. The van der Waals surface area contributed by atoms with Crippen molar-refractivity contribution in [1.82, 2.24) is 5.32 Å². The summed E-state index contributed by atoms with van der Waals surface area (Å²) in [6.07, 6.45) is -1.35. The van der Waals surface area contributed by atoms with Gasteiger partial charge in [0.25, 0.3) is 11.6 Å². The van der Waals surface area contributed by atoms with Crippen LogP contribution in [0.1, 0.15) is 16.8 Å². The van der Waals surface area contributed by atoms with Crippen molar-refractivity contribution in [3.8, 4) is 0 Å². The lowest BCUT2D eigenvalue weighted by molar-refractivity contribution is -0.384. The summed E-state index contributed by atoms with van der Waals surface area (Å²) in [5.74, 6) is -1.99. The van der Waals surface area contributed by atoms with Crippen molar-refractivity contribution in [2.75, 3.05) is 0 Å². The van der Waals surface area contributed by atoms with Gasteiger partial charge < -0.3 is 4.74 Å². The van der Waals surface area contributed by atoms with Gasteiger partial charge in [-0.15, -0.1) is 0 Å². The lowest BCUT2D eigenvalue weighted by Crippen LogP contribution is -2.28. The fraction of sp³-hybridized carbons (Fsp3) is 0.182. The summed E-state index contributed by atoms with van der Waals surface area (Å²) in [6.45, 7) is 0. The van der Waals surface area contributed by atoms with Gasteiger partial charge in [-0.25, -0.2) is 4.79 Å². The summed E-state index contributed by atoms with van der Waals surface area (Å²) in [5.41, 5.74) is -0.0944. The molecule has 1 aliphatic heterocycles. The van der Waals surface area contributed by atoms with Gasteiger partial charge in [-0.3, -0.25) is 25.0 Å². The van der Waals surface area contributed by atoms with E-state index in [1.54, 1.807) is 0 Å². The lowest BCUT2D eigenvalue weighted by atomic mass is 10.2. The van der Waals surface area contributed by atoms with Crippen molar-refractivity contribution in [2.24, 2.45) is 0 Å². The van der Waals surface area contributed by atoms with Crippen LogP contribution < -0.4 is 5.32 Å². The highest BCUT2D eigenvalue weighted by Gasteiger charge is 2.34. The number of esters is 1. The molecule has 0 spiro atoms. The Labute approximate surface area is 106 Å². The first-order valence-electron chi connectivity index (χ1n) is 5.26. The molecule has 0 bridgehead atoms. The fourth-order valence-corrected chi connectivity index (χ4v) is 1.54. The number of hydrogen-bond acceptors (Lipinski definition) is 6. The van der Waals surface area contributed by atoms with E-state index >= 15 is 0 Å². The minimum absolute atomic E-state index is 0.0674. The molecule has 2 rings (SSSR count). The molecule has 1 heterocycles. The summed E-state index contributed by atoms with van der Waals surface area (Å²) in [4.78, 5) is 43.6. The Bertz CT molecular complexity index is 565. The minimum Gasteiger partial charge on any atom is -0.448 e. The van der Waals surface area contributed by atoms with E-state index in [-0.39, 0.29) is 17.7 Å². The Morgan fingerprint density at radius 3 is 2.42 bits per heavy atom. The number of ether oxygens (including phenoxy) is 1. The number of benzene rings is 1. The average molecular weight is 264 g/mol. The summed E-state index contributed by atoms with van der Waals surface area (Å²) < 4.78 is 4.84. The number of hydrogen-bond donors (Lipinski definition) is 1. The van der Waals surface area contributed by atoms with Crippen molar-refractivity contribution in [3.63, 3.8) is 0 Å². The molecule has 0 radical (unpaired) electrons. The van der Waals surface area contributed by atoms with Gasteiger partial charge in [0.2, 0.25) is 5.91 Å². The second-order valence-corrected chi connectivity index (χ2v) is 3.81. The molecule has 1 fully saturated rings. The van der Waals surface area contributed by atoms with Crippen molar-refractivity contribution in [2.45, 2.75) is 12.5 Å². The van der Waals surface area contributed by atoms with Crippen LogP contribution in [0.5, 0.6) is 0 Å². The number of amides is 2. The zero-order valence-electron chi connectivity index (χ0n) is 9.49. The molecule has 8 heteroatoms. The molecule has 1 aliphatic rings. The molecule has 2 amide bonds. The molecule has 0 saturated carbocycles. The van der Waals surface area contributed by atoms with Gasteiger partial charge in [-0.2, -0.15) is 0 Å². The number of non-ortho nitro benzene ring substituents is 1. The highest BCUT2D eigenvalue weighted by Crippen LogP contribution is 2.15. The van der Waals surface area contributed by atoms with E-state index in [1.165, 1.54) is 12.1 Å². The van der Waals surface area contributed by atoms with Crippen LogP contribution in [0.2, 0.25) is 0 Å². The molecule has 1 N–H and O–H groups in total. The molecular weight excluding hydrogens is 256 g/mol. The van der Waals surface area contributed by atoms with E-state index in [4.69, 9.17) is 4.74 Å². The van der Waals surface area contributed by atoms with Gasteiger partial charge in [-0.1, -0.05) is 0 Å². The average Bonchev–Trinajstić information content (AvgIpc) is 2.68. The minimum atomic E-state index is -1.14. The Kier molecular flexibility index (Phi) is 3.23. The third kappa shape index (κ3) is 2.73. The normalized spacial score (nSPS) is 18.0. The number of nitrogens with one attached hydrogen (secondary N) is 1. The molecule has 0 aliphatic carbocycles. The molecule has 1 saturated heterocycles. The van der Waals surface area contributed by atoms with E-state index in [9.17, 15) is 24.5 Å². The lowest BCUT2D eigenvalue weighted by Gasteiger charge is -2.08. The summed E-state index contributed by atoms with van der Waals surface area (Å²) in [6, 6.07) is 4.73. The largest absolute Gasteiger partial charge is 0.448 e. The van der Waals surface area contributed by atoms with Crippen LogP contribution in [0.25, 0.3) is 0 Å². The maximum absolute atomic E-state index is 11.7. The second-order valence-electron chi connectivity index (χ2n) is 3.81. The smallest absolute Gasteiger partial charge is 0.338 e. The summed E-state index contributed by atoms with van der Waals surface area (Å²) in [7, 11) is 0. The standard InChI is InChI=1S/C11H8N2O6/c14-9-5-8(10(15)12-9)19-11(16)6-1-3-7(4-2-6)13(17)18/h1-4,8H,5H2,(H,12,14,15). The number of carbonyl (C=O) groups is 3. The topological polar surface area (TPSA) is 116 Å². The molecule has 1 atom stereocenters. The third-order valence-corrected chi connectivity index (χ3v) is 2.49. The van der Waals surface area contributed by atoms with Gasteiger partial charge >= 0.3 is 5.97 Å². The van der Waals surface area contributed by atoms with Crippen LogP contribution in [0.15, 0.2) is 24.3 Å². The predicted octanol–water partition coefficient (Wildman–Crippen LogP) is 0.167. The van der Waals surface area contributed by atoms with E-state index in [1.807, 2.05) is 5.32 Å². The molecule has 1 aromatic rings. The first-order valence-corrected chi connectivity index (χ1v) is 5.26. The van der Waals surface area contributed by atoms with Gasteiger partial charge in [0, 0.05) is 12.1 Å². The van der Waals surface area contributed by atoms with Gasteiger partial charge in [0.05, 0.1) is 16.9 Å². The summed E-state index contributed by atoms with van der Waals surface area (Å²) >= 11 is 0. The van der Waals surface area contributed by atoms with Crippen molar-refractivity contribution in [1.29, 1.82) is 0 Å². The van der Waals surface area contributed by atoms with Crippen molar-refractivity contribution in [3.05, 3.63) is 39.9 Å². The molecule has 1 unspecified atom stereocenters. The molecule has 98 valence electrons. The Morgan fingerprint density at radius 2 is 1.95 bits per heavy atom. The Hall–Kier alpha value is -2.77. The van der Waals surface area contributed by atoms with E-state index in [0.717, 1.165) is 12.1 Å². The van der Waals surface area contributed by atoms with Crippen LogP contribution in [0.4, 0.5) is 5.69 Å². The second kappa shape index (κ2) is 4.84. The molecule has 8 nitrogen and oxygen atoms in total. The van der Waals surface area contributed by atoms with E-state index in [0.29, 0.717) is 0 Å². The fourth-order valence-electron chi connectivity index (χ4n) is 1.54. The number of rotatable bonds is 3. The first kappa shape index (κ1) is 12.7. The molecule has 0 aromatic heterocycles. The molecule has 1 aromatic carbocycles. The monoisotopic (exact) mass is 264 g/mol. The zero-order valence-corrected chi connectivity index (χ0v) is 9.49. The van der Waals surface area contributed by atoms with Gasteiger partial charge in [-0.05, 0) is 12.1 Å². The SMILES string of the molecule is O=C1CC(OC(=O)c2ccc([N+](=O)[O-])cc2)C(=O)N1. The number of nitro benzene ring substituents is 1. The van der Waals surface area contributed by atoms with Gasteiger partial charge in [0.1, 0.15) is 0 Å². The number of nitrogens with zero attached hydrogens (tertiary/aromatic N) is 1. The summed E-state index contributed by atoms with van der Waals surface area (Å²) in [5, 5.41) is 12.4. The number of nitro groups is 1. The quantitative estimate of drug-likeness (QED) is 0.360. The van der Waals surface area contributed by atoms with Crippen LogP contribution in [-0.2, 0) is 14.3 Å². The molecule has 19 heavy (non-hydrogen) atoms. The number of carbonyl (C=O) groups excluding carboxylic acids is 3. The van der Waals surface area contributed by atoms with Gasteiger partial charge in [0.15, 0.2) is 6.10 Å². The van der Waals surface area contributed by atoms with Crippen LogP contribution in [0.3, 0.4) is 0 Å². The van der Waals surface area contributed by atoms with Crippen molar-refractivity contribution < 1.29 is 24.0 Å². The van der Waals surface area contributed by atoms with E-state index in [2.05, 4.69) is 0 Å². The van der Waals surface area contributed by atoms with Crippen LogP contribution in [0, 0.1) is 10.1 Å². The highest BCUT2D eigenvalue weighted by atomic mass is 16.6. The Morgan fingerprint density at radius 1 is 1.32 bits per heavy atom. The van der Waals surface area contributed by atoms with E-state index < -0.39 is 28.8 Å². The van der Waals surface area contributed by atoms with Crippen molar-refractivity contribution >= 4 is 23.5 Å². The predicted molar refractivity (Wildman–Crippen MR) is 60.1 cm³/mol. The maximum atomic E-state index is 11.7. The third-order valence-electron chi connectivity index (χ3n) is 2.49. The Balaban J connectivity index is 2.06. The zero-order chi connectivity index (χ0) is 14.0. The molecular formula is C11H8N2O6. The van der Waals surface area contributed by atoms with Crippen LogP contribution >= 0.6 is 0 Å². The maximum Gasteiger partial charge on any atom is 0.338 e. The van der Waals surface area contributed by atoms with Crippen LogP contribution in [-0.4, -0.2) is 28.8 Å².